The van der Waals surface area contributed by atoms with Gasteiger partial charge in [0.2, 0.25) is 5.91 Å². The minimum atomic E-state index is -0.604. The van der Waals surface area contributed by atoms with Gasteiger partial charge in [-0.25, -0.2) is 4.98 Å². The molecule has 1 aliphatic heterocycles. The van der Waals surface area contributed by atoms with Crippen LogP contribution in [0, 0.1) is 0 Å². The van der Waals surface area contributed by atoms with Crippen molar-refractivity contribution in [2.75, 3.05) is 11.1 Å². The molecule has 3 heterocycles. The Kier molecular flexibility index (Phi) is 4.65. The molecule has 0 unspecified atom stereocenters. The van der Waals surface area contributed by atoms with Crippen LogP contribution in [0.25, 0.3) is 0 Å². The van der Waals surface area contributed by atoms with Gasteiger partial charge in [-0.05, 0) is 13.8 Å². The third kappa shape index (κ3) is 3.61. The maximum Gasteiger partial charge on any atom is 0.272 e. The number of nitrogens with one attached hydrogen (secondary N) is 3. The van der Waals surface area contributed by atoms with Crippen molar-refractivity contribution in [3.63, 3.8) is 0 Å². The fourth-order valence-electron chi connectivity index (χ4n) is 2.44. The summed E-state index contributed by atoms with van der Waals surface area (Å²) in [6, 6.07) is 0. The molecule has 0 radical (unpaired) electrons. The van der Waals surface area contributed by atoms with Gasteiger partial charge in [0.05, 0.1) is 11.0 Å². The summed E-state index contributed by atoms with van der Waals surface area (Å²) in [6.07, 6.45) is 1.85. The van der Waals surface area contributed by atoms with Crippen molar-refractivity contribution in [3.8, 4) is 0 Å². The molecular weight excluding hydrogens is 366 g/mol. The second-order valence-corrected chi connectivity index (χ2v) is 8.96. The Hall–Kier alpha value is -1.49. The van der Waals surface area contributed by atoms with Crippen LogP contribution in [-0.4, -0.2) is 32.5 Å². The number of thioether (sulfide) groups is 1. The van der Waals surface area contributed by atoms with Crippen LogP contribution in [0.3, 0.4) is 0 Å². The van der Waals surface area contributed by atoms with Gasteiger partial charge in [-0.15, -0.1) is 34.4 Å². The molecule has 3 rings (SSSR count). The van der Waals surface area contributed by atoms with Crippen LogP contribution < -0.4 is 16.0 Å². The molecule has 3 N–H and O–H groups in total. The number of rotatable bonds is 4. The number of hydrogen-bond donors (Lipinski definition) is 3. The minimum absolute atomic E-state index is 0.211. The molecule has 2 aromatic rings. The van der Waals surface area contributed by atoms with E-state index >= 15 is 0 Å². The van der Waals surface area contributed by atoms with Crippen molar-refractivity contribution in [1.29, 1.82) is 0 Å². The second-order valence-electron chi connectivity index (χ2n) is 5.82. The molecule has 0 aromatic carbocycles. The van der Waals surface area contributed by atoms with E-state index in [0.29, 0.717) is 10.8 Å². The van der Waals surface area contributed by atoms with Gasteiger partial charge >= 0.3 is 0 Å². The highest BCUT2D eigenvalue weighted by Crippen LogP contribution is 2.40. The monoisotopic (exact) mass is 383 g/mol. The summed E-state index contributed by atoms with van der Waals surface area (Å²) < 4.78 is 0. The molecule has 10 heteroatoms. The van der Waals surface area contributed by atoms with Crippen molar-refractivity contribution in [2.45, 2.75) is 31.3 Å². The topological polar surface area (TPSA) is 96.0 Å². The van der Waals surface area contributed by atoms with Crippen LogP contribution in [0.1, 0.15) is 36.1 Å². The van der Waals surface area contributed by atoms with Crippen molar-refractivity contribution < 1.29 is 9.59 Å². The summed E-state index contributed by atoms with van der Waals surface area (Å²) in [5.41, 5.74) is 1.86. The minimum Gasteiger partial charge on any atom is -0.324 e. The zero-order valence-corrected chi connectivity index (χ0v) is 15.8. The summed E-state index contributed by atoms with van der Waals surface area (Å²) >= 11 is 4.45. The molecule has 0 bridgehead atoms. The van der Waals surface area contributed by atoms with E-state index in [-0.39, 0.29) is 17.4 Å². The SMILES string of the molecule is CC(=O)Nc1nc(C(=O)N[C@@]2(C)N[C@@](C)(c3cncs3)CS2)cs1. The molecule has 2 aromatic heterocycles. The molecule has 0 aliphatic carbocycles. The van der Waals surface area contributed by atoms with Crippen LogP contribution in [0.5, 0.6) is 0 Å². The van der Waals surface area contributed by atoms with Crippen LogP contribution in [-0.2, 0) is 10.3 Å². The lowest BCUT2D eigenvalue weighted by Crippen LogP contribution is -2.55. The lowest BCUT2D eigenvalue weighted by Gasteiger charge is -2.29. The van der Waals surface area contributed by atoms with Gasteiger partial charge in [0.25, 0.3) is 5.91 Å². The normalized spacial score (nSPS) is 26.3. The second kappa shape index (κ2) is 6.43. The first-order valence-corrected chi connectivity index (χ1v) is 9.92. The number of nitrogens with zero attached hydrogens (tertiary/aromatic N) is 2. The highest BCUT2D eigenvalue weighted by Gasteiger charge is 2.45. The molecule has 0 spiro atoms. The largest absolute Gasteiger partial charge is 0.324 e. The quantitative estimate of drug-likeness (QED) is 0.749. The Morgan fingerprint density at radius 1 is 1.33 bits per heavy atom. The lowest BCUT2D eigenvalue weighted by atomic mass is 10.0. The molecule has 24 heavy (non-hydrogen) atoms. The molecule has 2 atom stereocenters. The van der Waals surface area contributed by atoms with Crippen molar-refractivity contribution in [3.05, 3.63) is 27.7 Å². The average molecular weight is 384 g/mol. The molecular formula is C14H17N5O2S3. The fourth-order valence-corrected chi connectivity index (χ4v) is 5.28. The summed E-state index contributed by atoms with van der Waals surface area (Å²) in [4.78, 5) is 32.3. The van der Waals surface area contributed by atoms with E-state index < -0.39 is 4.99 Å². The Morgan fingerprint density at radius 2 is 2.12 bits per heavy atom. The van der Waals surface area contributed by atoms with Crippen LogP contribution >= 0.6 is 34.4 Å². The molecule has 2 amide bonds. The molecule has 1 aliphatic rings. The standard InChI is InChI=1S/C14H17N5O2S3/c1-8(20)16-12-17-9(5-22-12)11(21)18-14(3)19-13(2,6-24-14)10-4-15-7-23-10/h4-5,7,19H,6H2,1-3H3,(H,18,21)(H,16,17,20)/t13-,14+/m1/s1. The van der Waals surface area contributed by atoms with E-state index in [2.05, 4.69) is 32.8 Å². The van der Waals surface area contributed by atoms with E-state index in [1.54, 1.807) is 34.0 Å². The maximum atomic E-state index is 12.5. The zero-order valence-electron chi connectivity index (χ0n) is 13.4. The smallest absolute Gasteiger partial charge is 0.272 e. The average Bonchev–Trinajstić information content (AvgIpc) is 3.19. The molecule has 1 fully saturated rings. The predicted molar refractivity (Wildman–Crippen MR) is 97.3 cm³/mol. The molecule has 1 saturated heterocycles. The Balaban J connectivity index is 1.68. The van der Waals surface area contributed by atoms with Crippen molar-refractivity contribution >= 4 is 51.4 Å². The Bertz CT molecular complexity index is 762. The number of thiazole rings is 2. The summed E-state index contributed by atoms with van der Waals surface area (Å²) in [5, 5.41) is 11.1. The van der Waals surface area contributed by atoms with Crippen LogP contribution in [0.15, 0.2) is 17.1 Å². The van der Waals surface area contributed by atoms with Gasteiger partial charge < -0.3 is 10.6 Å². The van der Waals surface area contributed by atoms with Gasteiger partial charge in [-0.2, -0.15) is 0 Å². The third-order valence-electron chi connectivity index (χ3n) is 3.51. The highest BCUT2D eigenvalue weighted by molar-refractivity contribution is 8.00. The lowest BCUT2D eigenvalue weighted by molar-refractivity contribution is -0.114. The molecule has 0 saturated carbocycles. The summed E-state index contributed by atoms with van der Waals surface area (Å²) in [5.74, 6) is 0.329. The van der Waals surface area contributed by atoms with E-state index in [0.717, 1.165) is 10.6 Å². The van der Waals surface area contributed by atoms with Gasteiger partial charge in [0.15, 0.2) is 5.13 Å². The first-order chi connectivity index (χ1) is 11.3. The third-order valence-corrected chi connectivity index (χ3v) is 6.81. The predicted octanol–water partition coefficient (Wildman–Crippen LogP) is 2.21. The summed E-state index contributed by atoms with van der Waals surface area (Å²) in [6.45, 7) is 5.44. The number of carbonyl (C=O) groups is 2. The number of anilines is 1. The number of aromatic nitrogens is 2. The fraction of sp³-hybridized carbons (Fsp3) is 0.429. The first kappa shape index (κ1) is 17.3. The van der Waals surface area contributed by atoms with E-state index in [9.17, 15) is 9.59 Å². The number of carbonyl (C=O) groups excluding carboxylic acids is 2. The van der Waals surface area contributed by atoms with Crippen LogP contribution in [0.2, 0.25) is 0 Å². The van der Waals surface area contributed by atoms with E-state index in [4.69, 9.17) is 0 Å². The van der Waals surface area contributed by atoms with Gasteiger partial charge in [-0.3, -0.25) is 19.9 Å². The highest BCUT2D eigenvalue weighted by atomic mass is 32.2. The first-order valence-electron chi connectivity index (χ1n) is 7.18. The van der Waals surface area contributed by atoms with Crippen molar-refractivity contribution in [2.24, 2.45) is 0 Å². The Labute approximate surface area is 151 Å². The zero-order chi connectivity index (χ0) is 17.4. The van der Waals surface area contributed by atoms with E-state index in [1.807, 2.05) is 13.1 Å². The van der Waals surface area contributed by atoms with Gasteiger partial charge in [0.1, 0.15) is 10.7 Å². The maximum absolute atomic E-state index is 12.5. The Morgan fingerprint density at radius 3 is 2.79 bits per heavy atom. The van der Waals surface area contributed by atoms with Gasteiger partial charge in [-0.1, -0.05) is 0 Å². The number of hydrogen-bond acceptors (Lipinski definition) is 8. The van der Waals surface area contributed by atoms with Crippen LogP contribution in [0.4, 0.5) is 5.13 Å². The molecule has 128 valence electrons. The summed E-state index contributed by atoms with van der Waals surface area (Å²) in [7, 11) is 0. The van der Waals surface area contributed by atoms with E-state index in [1.165, 1.54) is 18.3 Å². The number of amides is 2. The van der Waals surface area contributed by atoms with Crippen molar-refractivity contribution in [1.82, 2.24) is 20.6 Å². The van der Waals surface area contributed by atoms with Gasteiger partial charge in [0, 0.05) is 29.1 Å². The molecule has 7 nitrogen and oxygen atoms in total.